The normalized spacial score (nSPS) is 17.5. The number of aromatic nitrogens is 1. The number of halogens is 1. The number of nitrogens with zero attached hydrogens (tertiary/aromatic N) is 2. The maximum absolute atomic E-state index is 12.8. The Bertz CT molecular complexity index is 890. The van der Waals surface area contributed by atoms with E-state index < -0.39 is 0 Å². The Kier molecular flexibility index (Phi) is 3.98. The number of hydrogen-bond acceptors (Lipinski definition) is 3. The van der Waals surface area contributed by atoms with Gasteiger partial charge in [0.25, 0.3) is 0 Å². The Morgan fingerprint density at radius 3 is 3.00 bits per heavy atom. The minimum absolute atomic E-state index is 0.0801. The third-order valence-electron chi connectivity index (χ3n) is 4.58. The average Bonchev–Trinajstić information content (AvgIpc) is 3.22. The molecule has 24 heavy (non-hydrogen) atoms. The number of rotatable bonds is 3. The van der Waals surface area contributed by atoms with Gasteiger partial charge in [0.1, 0.15) is 5.69 Å². The number of para-hydroxylation sites is 1. The van der Waals surface area contributed by atoms with Gasteiger partial charge >= 0.3 is 0 Å². The average molecular weight is 341 g/mol. The first-order valence-electron chi connectivity index (χ1n) is 8.10. The Balaban J connectivity index is 1.57. The van der Waals surface area contributed by atoms with E-state index in [2.05, 4.69) is 5.16 Å². The fourth-order valence-corrected chi connectivity index (χ4v) is 3.63. The Morgan fingerprint density at radius 2 is 2.12 bits per heavy atom. The number of carbonyl (C=O) groups is 1. The van der Waals surface area contributed by atoms with E-state index >= 15 is 0 Å². The maximum Gasteiger partial charge on any atom is 0.229 e. The van der Waals surface area contributed by atoms with Crippen LogP contribution in [0.4, 0.5) is 0 Å². The van der Waals surface area contributed by atoms with Crippen LogP contribution in [0.5, 0.6) is 0 Å². The van der Waals surface area contributed by atoms with E-state index in [9.17, 15) is 4.79 Å². The molecule has 0 bridgehead atoms. The van der Waals surface area contributed by atoms with E-state index in [1.165, 1.54) is 0 Å². The van der Waals surface area contributed by atoms with Crippen LogP contribution < -0.4 is 0 Å². The molecule has 1 aliphatic rings. The number of benzene rings is 2. The van der Waals surface area contributed by atoms with Gasteiger partial charge in [-0.3, -0.25) is 4.79 Å². The zero-order valence-corrected chi connectivity index (χ0v) is 13.9. The first-order valence-corrected chi connectivity index (χ1v) is 8.48. The van der Waals surface area contributed by atoms with Gasteiger partial charge in [0.15, 0.2) is 5.58 Å². The van der Waals surface area contributed by atoms with Crippen molar-refractivity contribution < 1.29 is 9.32 Å². The summed E-state index contributed by atoms with van der Waals surface area (Å²) in [5, 5.41) is 5.68. The van der Waals surface area contributed by atoms with Crippen LogP contribution in [0.1, 0.15) is 30.1 Å². The van der Waals surface area contributed by atoms with Crippen LogP contribution >= 0.6 is 11.6 Å². The van der Waals surface area contributed by atoms with E-state index in [4.69, 9.17) is 16.1 Å². The first-order chi connectivity index (χ1) is 11.7. The minimum atomic E-state index is 0.0801. The minimum Gasteiger partial charge on any atom is -0.356 e. The molecule has 0 radical (unpaired) electrons. The van der Waals surface area contributed by atoms with Crippen molar-refractivity contribution in [3.8, 4) is 0 Å². The lowest BCUT2D eigenvalue weighted by Crippen LogP contribution is -2.32. The standard InChI is InChI=1S/C19H17ClN2O2/c20-14-6-3-5-13(11-14)17-8-4-10-22(17)19(23)12-16-15-7-1-2-9-18(15)24-21-16/h1-3,5-7,9,11,17H,4,8,10,12H2. The van der Waals surface area contributed by atoms with Gasteiger partial charge in [0, 0.05) is 17.0 Å². The Hall–Kier alpha value is -2.33. The highest BCUT2D eigenvalue weighted by Crippen LogP contribution is 2.33. The molecule has 5 heteroatoms. The fraction of sp³-hybridized carbons (Fsp3) is 0.263. The molecule has 1 fully saturated rings. The van der Waals surface area contributed by atoms with Crippen molar-refractivity contribution in [2.45, 2.75) is 25.3 Å². The number of amides is 1. The van der Waals surface area contributed by atoms with Crippen molar-refractivity contribution >= 4 is 28.5 Å². The lowest BCUT2D eigenvalue weighted by Gasteiger charge is -2.25. The molecule has 1 aliphatic heterocycles. The molecule has 4 nitrogen and oxygen atoms in total. The smallest absolute Gasteiger partial charge is 0.229 e. The van der Waals surface area contributed by atoms with Crippen LogP contribution in [0.25, 0.3) is 11.0 Å². The molecule has 3 aromatic rings. The molecular weight excluding hydrogens is 324 g/mol. The molecule has 1 aromatic heterocycles. The SMILES string of the molecule is O=C(Cc1noc2ccccc12)N1CCCC1c1cccc(Cl)c1. The third-order valence-corrected chi connectivity index (χ3v) is 4.81. The zero-order chi connectivity index (χ0) is 16.5. The van der Waals surface area contributed by atoms with E-state index in [0.717, 1.165) is 30.3 Å². The van der Waals surface area contributed by atoms with Crippen molar-refractivity contribution in [3.05, 3.63) is 64.8 Å². The van der Waals surface area contributed by atoms with Crippen LogP contribution in [-0.4, -0.2) is 22.5 Å². The van der Waals surface area contributed by atoms with Gasteiger partial charge in [0.2, 0.25) is 5.91 Å². The number of carbonyl (C=O) groups excluding carboxylic acids is 1. The first kappa shape index (κ1) is 15.2. The lowest BCUT2D eigenvalue weighted by molar-refractivity contribution is -0.131. The summed E-state index contributed by atoms with van der Waals surface area (Å²) in [5.74, 6) is 0.0801. The molecule has 122 valence electrons. The molecule has 1 atom stereocenters. The summed E-state index contributed by atoms with van der Waals surface area (Å²) in [6, 6.07) is 15.5. The summed E-state index contributed by atoms with van der Waals surface area (Å²) >= 11 is 6.11. The van der Waals surface area contributed by atoms with Crippen molar-refractivity contribution in [2.75, 3.05) is 6.54 Å². The molecule has 0 spiro atoms. The zero-order valence-electron chi connectivity index (χ0n) is 13.1. The summed E-state index contributed by atoms with van der Waals surface area (Å²) in [6.07, 6.45) is 2.22. The van der Waals surface area contributed by atoms with Crippen LogP contribution in [0.15, 0.2) is 53.1 Å². The number of likely N-dealkylation sites (tertiary alicyclic amines) is 1. The van der Waals surface area contributed by atoms with E-state index in [1.807, 2.05) is 53.4 Å². The van der Waals surface area contributed by atoms with Gasteiger partial charge in [0.05, 0.1) is 12.5 Å². The lowest BCUT2D eigenvalue weighted by atomic mass is 10.0. The molecule has 1 saturated heterocycles. The molecule has 1 amide bonds. The number of fused-ring (bicyclic) bond motifs is 1. The quantitative estimate of drug-likeness (QED) is 0.710. The maximum atomic E-state index is 12.8. The third kappa shape index (κ3) is 2.78. The van der Waals surface area contributed by atoms with E-state index in [0.29, 0.717) is 16.3 Å². The largest absolute Gasteiger partial charge is 0.356 e. The highest BCUT2D eigenvalue weighted by atomic mass is 35.5. The van der Waals surface area contributed by atoms with Gasteiger partial charge in [-0.1, -0.05) is 41.0 Å². The summed E-state index contributed by atoms with van der Waals surface area (Å²) in [4.78, 5) is 14.8. The highest BCUT2D eigenvalue weighted by Gasteiger charge is 2.30. The van der Waals surface area contributed by atoms with Crippen molar-refractivity contribution in [3.63, 3.8) is 0 Å². The molecule has 2 aromatic carbocycles. The van der Waals surface area contributed by atoms with E-state index in [1.54, 1.807) is 0 Å². The van der Waals surface area contributed by atoms with Gasteiger partial charge in [-0.25, -0.2) is 0 Å². The molecule has 0 N–H and O–H groups in total. The predicted molar refractivity (Wildman–Crippen MR) is 92.9 cm³/mol. The molecule has 0 aliphatic carbocycles. The van der Waals surface area contributed by atoms with Crippen LogP contribution in [0.2, 0.25) is 5.02 Å². The molecule has 4 rings (SSSR count). The molecular formula is C19H17ClN2O2. The molecule has 0 saturated carbocycles. The summed E-state index contributed by atoms with van der Waals surface area (Å²) in [7, 11) is 0. The summed E-state index contributed by atoms with van der Waals surface area (Å²) in [6.45, 7) is 0.770. The summed E-state index contributed by atoms with van der Waals surface area (Å²) in [5.41, 5.74) is 2.51. The highest BCUT2D eigenvalue weighted by molar-refractivity contribution is 6.30. The van der Waals surface area contributed by atoms with Crippen molar-refractivity contribution in [1.29, 1.82) is 0 Å². The Morgan fingerprint density at radius 1 is 1.25 bits per heavy atom. The predicted octanol–water partition coefficient (Wildman–Crippen LogP) is 4.39. The molecule has 1 unspecified atom stereocenters. The van der Waals surface area contributed by atoms with Gasteiger partial charge in [-0.2, -0.15) is 0 Å². The molecule has 2 heterocycles. The van der Waals surface area contributed by atoms with Crippen LogP contribution in [-0.2, 0) is 11.2 Å². The summed E-state index contributed by atoms with van der Waals surface area (Å²) < 4.78 is 5.30. The number of hydrogen-bond donors (Lipinski definition) is 0. The monoisotopic (exact) mass is 340 g/mol. The van der Waals surface area contributed by atoms with Gasteiger partial charge in [-0.15, -0.1) is 0 Å². The van der Waals surface area contributed by atoms with Crippen LogP contribution in [0.3, 0.4) is 0 Å². The van der Waals surface area contributed by atoms with Crippen molar-refractivity contribution in [1.82, 2.24) is 10.1 Å². The fourth-order valence-electron chi connectivity index (χ4n) is 3.44. The van der Waals surface area contributed by atoms with E-state index in [-0.39, 0.29) is 18.4 Å². The van der Waals surface area contributed by atoms with Crippen LogP contribution in [0, 0.1) is 0 Å². The topological polar surface area (TPSA) is 46.3 Å². The second-order valence-corrected chi connectivity index (χ2v) is 6.54. The van der Waals surface area contributed by atoms with Gasteiger partial charge in [-0.05, 0) is 42.7 Å². The Labute approximate surface area is 145 Å². The van der Waals surface area contributed by atoms with Crippen molar-refractivity contribution in [2.24, 2.45) is 0 Å². The second-order valence-electron chi connectivity index (χ2n) is 6.10. The van der Waals surface area contributed by atoms with Gasteiger partial charge < -0.3 is 9.42 Å². The second kappa shape index (κ2) is 6.29.